The van der Waals surface area contributed by atoms with Crippen molar-refractivity contribution in [3.05, 3.63) is 33.7 Å². The molecule has 1 aromatic heterocycles. The van der Waals surface area contributed by atoms with Crippen LogP contribution >= 0.6 is 11.6 Å². The normalized spacial score (nSPS) is 8.11. The Balaban J connectivity index is 0.000000640. The minimum absolute atomic E-state index is 0. The maximum absolute atomic E-state index is 10.4. The van der Waals surface area contributed by atoms with Gasteiger partial charge in [-0.1, -0.05) is 11.6 Å². The van der Waals surface area contributed by atoms with E-state index in [2.05, 4.69) is 4.98 Å². The second kappa shape index (κ2) is 3.84. The molecule has 0 bridgehead atoms. The van der Waals surface area contributed by atoms with Crippen LogP contribution in [0.1, 0.15) is 0 Å². The standard InChI is InChI=1S/C5H4ClNO.Pd/c6-4-2-1-3-7-5(4)8;/h1-3H,(H,7,8);. The van der Waals surface area contributed by atoms with Crippen LogP contribution in [0.2, 0.25) is 5.02 Å². The smallest absolute Gasteiger partial charge is 0.266 e. The molecule has 0 unspecified atom stereocenters. The molecule has 0 radical (unpaired) electrons. The molecule has 0 amide bonds. The predicted molar refractivity (Wildman–Crippen MR) is 32.1 cm³/mol. The maximum Gasteiger partial charge on any atom is 0.266 e. The Bertz CT molecular complexity index is 234. The van der Waals surface area contributed by atoms with Crippen LogP contribution in [0.25, 0.3) is 0 Å². The van der Waals surface area contributed by atoms with Gasteiger partial charge in [0.25, 0.3) is 5.56 Å². The molecule has 0 saturated carbocycles. The first-order valence-electron chi connectivity index (χ1n) is 2.14. The molecular formula is C5H4ClNOPd. The summed E-state index contributed by atoms with van der Waals surface area (Å²) in [7, 11) is 0. The number of nitrogens with one attached hydrogen (secondary N) is 1. The van der Waals surface area contributed by atoms with Crippen LogP contribution in [0.4, 0.5) is 0 Å². The summed E-state index contributed by atoms with van der Waals surface area (Å²) in [4.78, 5) is 12.8. The van der Waals surface area contributed by atoms with Gasteiger partial charge in [0, 0.05) is 26.6 Å². The van der Waals surface area contributed by atoms with Gasteiger partial charge in [0.15, 0.2) is 0 Å². The molecular weight excluding hydrogens is 232 g/mol. The number of halogens is 1. The topological polar surface area (TPSA) is 32.9 Å². The molecule has 4 heteroatoms. The number of rotatable bonds is 0. The zero-order chi connectivity index (χ0) is 5.98. The van der Waals surface area contributed by atoms with Crippen LogP contribution in [0.3, 0.4) is 0 Å². The van der Waals surface area contributed by atoms with Crippen LogP contribution in [-0.2, 0) is 20.4 Å². The Labute approximate surface area is 70.9 Å². The zero-order valence-corrected chi connectivity index (χ0v) is 6.65. The summed E-state index contributed by atoms with van der Waals surface area (Å²) in [5, 5.41) is 0.229. The van der Waals surface area contributed by atoms with Crippen molar-refractivity contribution in [2.45, 2.75) is 0 Å². The van der Waals surface area contributed by atoms with Crippen LogP contribution in [0.15, 0.2) is 23.1 Å². The van der Waals surface area contributed by atoms with E-state index < -0.39 is 0 Å². The SMILES string of the molecule is O=c1[nH]cccc1Cl.[Pd]. The van der Waals surface area contributed by atoms with Crippen LogP contribution in [-0.4, -0.2) is 4.98 Å². The number of aromatic nitrogens is 1. The first-order valence-corrected chi connectivity index (χ1v) is 2.52. The van der Waals surface area contributed by atoms with Crippen molar-refractivity contribution in [1.29, 1.82) is 0 Å². The molecule has 1 rings (SSSR count). The second-order valence-corrected chi connectivity index (χ2v) is 1.75. The van der Waals surface area contributed by atoms with E-state index in [1.165, 1.54) is 6.20 Å². The Kier molecular flexibility index (Phi) is 3.80. The van der Waals surface area contributed by atoms with E-state index in [0.717, 1.165) is 0 Å². The van der Waals surface area contributed by atoms with E-state index in [1.807, 2.05) is 0 Å². The summed E-state index contributed by atoms with van der Waals surface area (Å²) < 4.78 is 0. The van der Waals surface area contributed by atoms with Crippen molar-refractivity contribution in [3.8, 4) is 0 Å². The molecule has 0 aliphatic rings. The predicted octanol–water partition coefficient (Wildman–Crippen LogP) is 1.03. The van der Waals surface area contributed by atoms with Gasteiger partial charge < -0.3 is 4.98 Å². The van der Waals surface area contributed by atoms with Crippen molar-refractivity contribution in [3.63, 3.8) is 0 Å². The van der Waals surface area contributed by atoms with Gasteiger partial charge in [-0.3, -0.25) is 4.79 Å². The van der Waals surface area contributed by atoms with E-state index in [-0.39, 0.29) is 31.0 Å². The molecule has 1 heterocycles. The molecule has 0 fully saturated rings. The summed E-state index contributed by atoms with van der Waals surface area (Å²) >= 11 is 5.36. The first kappa shape index (κ1) is 8.90. The average molecular weight is 236 g/mol. The molecule has 2 nitrogen and oxygen atoms in total. The van der Waals surface area contributed by atoms with Gasteiger partial charge in [0.05, 0.1) is 0 Å². The molecule has 0 aromatic carbocycles. The molecule has 0 atom stereocenters. The number of pyridine rings is 1. The van der Waals surface area contributed by atoms with Gasteiger partial charge in [-0.2, -0.15) is 0 Å². The third-order valence-electron chi connectivity index (χ3n) is 0.770. The molecule has 52 valence electrons. The quantitative estimate of drug-likeness (QED) is 0.670. The number of hydrogen-bond acceptors (Lipinski definition) is 1. The van der Waals surface area contributed by atoms with E-state index in [0.29, 0.717) is 0 Å². The van der Waals surface area contributed by atoms with Crippen molar-refractivity contribution >= 4 is 11.6 Å². The van der Waals surface area contributed by atoms with E-state index in [1.54, 1.807) is 12.1 Å². The molecule has 0 spiro atoms. The van der Waals surface area contributed by atoms with Crippen molar-refractivity contribution in [2.24, 2.45) is 0 Å². The molecule has 1 aromatic rings. The minimum Gasteiger partial charge on any atom is -0.328 e. The fourth-order valence-corrected chi connectivity index (χ4v) is 0.528. The van der Waals surface area contributed by atoms with Crippen molar-refractivity contribution in [2.75, 3.05) is 0 Å². The zero-order valence-electron chi connectivity index (χ0n) is 4.33. The summed E-state index contributed by atoms with van der Waals surface area (Å²) in [6.45, 7) is 0. The number of aromatic amines is 1. The van der Waals surface area contributed by atoms with Gasteiger partial charge in [-0.15, -0.1) is 0 Å². The number of hydrogen-bond donors (Lipinski definition) is 1. The van der Waals surface area contributed by atoms with Gasteiger partial charge in [0.1, 0.15) is 5.02 Å². The fourth-order valence-electron chi connectivity index (χ4n) is 0.401. The van der Waals surface area contributed by atoms with Crippen molar-refractivity contribution in [1.82, 2.24) is 4.98 Å². The first-order chi connectivity index (χ1) is 3.80. The third-order valence-corrected chi connectivity index (χ3v) is 1.07. The third kappa shape index (κ3) is 2.32. The van der Waals surface area contributed by atoms with Gasteiger partial charge in [-0.25, -0.2) is 0 Å². The second-order valence-electron chi connectivity index (χ2n) is 1.35. The van der Waals surface area contributed by atoms with Gasteiger partial charge in [-0.05, 0) is 12.1 Å². The maximum atomic E-state index is 10.4. The van der Waals surface area contributed by atoms with Crippen molar-refractivity contribution < 1.29 is 20.4 Å². The molecule has 0 aliphatic heterocycles. The Morgan fingerprint density at radius 1 is 1.56 bits per heavy atom. The summed E-state index contributed by atoms with van der Waals surface area (Å²) in [6.07, 6.45) is 1.54. The fraction of sp³-hybridized carbons (Fsp3) is 0. The van der Waals surface area contributed by atoms with Crippen LogP contribution in [0.5, 0.6) is 0 Å². The number of H-pyrrole nitrogens is 1. The van der Waals surface area contributed by atoms with E-state index in [9.17, 15) is 4.79 Å². The summed E-state index contributed by atoms with van der Waals surface area (Å²) in [5.74, 6) is 0. The monoisotopic (exact) mass is 235 g/mol. The van der Waals surface area contributed by atoms with Gasteiger partial charge >= 0.3 is 0 Å². The molecule has 0 saturated heterocycles. The van der Waals surface area contributed by atoms with E-state index in [4.69, 9.17) is 11.6 Å². The molecule has 1 N–H and O–H groups in total. The largest absolute Gasteiger partial charge is 0.328 e. The molecule has 0 aliphatic carbocycles. The average Bonchev–Trinajstić information content (AvgIpc) is 1.77. The summed E-state index contributed by atoms with van der Waals surface area (Å²) in [5.41, 5.74) is -0.242. The van der Waals surface area contributed by atoms with E-state index >= 15 is 0 Å². The molecule has 9 heavy (non-hydrogen) atoms. The Morgan fingerprint density at radius 2 is 2.22 bits per heavy atom. The van der Waals surface area contributed by atoms with Gasteiger partial charge in [0.2, 0.25) is 0 Å². The van der Waals surface area contributed by atoms with Crippen LogP contribution < -0.4 is 5.56 Å². The summed E-state index contributed by atoms with van der Waals surface area (Å²) in [6, 6.07) is 3.21. The van der Waals surface area contributed by atoms with Crippen LogP contribution in [0, 0.1) is 0 Å². The Morgan fingerprint density at radius 3 is 2.56 bits per heavy atom. The Hall–Kier alpha value is -0.0977. The minimum atomic E-state index is -0.242.